The average Bonchev–Trinajstić information content (AvgIpc) is 3.05. The van der Waals surface area contributed by atoms with Gasteiger partial charge in [-0.2, -0.15) is 5.10 Å². The fourth-order valence-corrected chi connectivity index (χ4v) is 3.90. The van der Waals surface area contributed by atoms with Crippen LogP contribution in [-0.2, 0) is 23.1 Å². The quantitative estimate of drug-likeness (QED) is 0.722. The summed E-state index contributed by atoms with van der Waals surface area (Å²) in [6, 6.07) is 3.85. The Bertz CT molecular complexity index is 632. The molecule has 20 heavy (non-hydrogen) atoms. The molecule has 0 unspecified atom stereocenters. The molecule has 0 aliphatic heterocycles. The first-order chi connectivity index (χ1) is 9.47. The highest BCUT2D eigenvalue weighted by molar-refractivity contribution is 7.91. The molecule has 110 valence electrons. The molecule has 6 nitrogen and oxygen atoms in total. The Morgan fingerprint density at radius 3 is 2.80 bits per heavy atom. The summed E-state index contributed by atoms with van der Waals surface area (Å²) in [7, 11) is -3.46. The van der Waals surface area contributed by atoms with Crippen molar-refractivity contribution in [3.05, 3.63) is 35.0 Å². The third-order valence-electron chi connectivity index (χ3n) is 2.61. The van der Waals surface area contributed by atoms with Crippen molar-refractivity contribution in [2.75, 3.05) is 0 Å². The van der Waals surface area contributed by atoms with Gasteiger partial charge in [-0.15, -0.1) is 11.3 Å². The maximum atomic E-state index is 12.1. The van der Waals surface area contributed by atoms with E-state index in [-0.39, 0.29) is 6.54 Å². The molecule has 0 saturated heterocycles. The molecule has 0 aliphatic carbocycles. The summed E-state index contributed by atoms with van der Waals surface area (Å²) in [6.07, 6.45) is 3.25. The Hall–Kier alpha value is -1.22. The number of hydrogen-bond donors (Lipinski definition) is 3. The number of aromatic nitrogens is 2. The summed E-state index contributed by atoms with van der Waals surface area (Å²) >= 11 is 1.28. The monoisotopic (exact) mass is 314 g/mol. The van der Waals surface area contributed by atoms with Crippen LogP contribution in [-0.4, -0.2) is 24.7 Å². The fourth-order valence-electron chi connectivity index (χ4n) is 1.53. The van der Waals surface area contributed by atoms with E-state index >= 15 is 0 Å². The van der Waals surface area contributed by atoms with Gasteiger partial charge < -0.3 is 5.32 Å². The van der Waals surface area contributed by atoms with Gasteiger partial charge in [0.15, 0.2) is 0 Å². The number of aromatic amines is 1. The molecule has 0 saturated carbocycles. The predicted octanol–water partition coefficient (Wildman–Crippen LogP) is 1.45. The maximum Gasteiger partial charge on any atom is 0.250 e. The van der Waals surface area contributed by atoms with E-state index in [0.29, 0.717) is 16.8 Å². The van der Waals surface area contributed by atoms with Crippen molar-refractivity contribution in [3.63, 3.8) is 0 Å². The van der Waals surface area contributed by atoms with Gasteiger partial charge in [0.25, 0.3) is 0 Å². The summed E-state index contributed by atoms with van der Waals surface area (Å²) in [5.74, 6) is 0. The normalized spacial score (nSPS) is 12.2. The standard InChI is InChI=1S/C12H18N4O2S2/c1-9(2)13-8-11-3-4-12(19-11)20(17,18)16-7-10-5-14-15-6-10/h3-6,9,13,16H,7-8H2,1-2H3,(H,14,15). The van der Waals surface area contributed by atoms with E-state index in [2.05, 4.69) is 34.1 Å². The minimum absolute atomic E-state index is 0.232. The Balaban J connectivity index is 1.98. The van der Waals surface area contributed by atoms with E-state index in [0.717, 1.165) is 10.4 Å². The number of thiophene rings is 1. The van der Waals surface area contributed by atoms with Gasteiger partial charge in [-0.25, -0.2) is 13.1 Å². The summed E-state index contributed by atoms with van der Waals surface area (Å²) in [4.78, 5) is 1.00. The van der Waals surface area contributed by atoms with Crippen LogP contribution in [0.2, 0.25) is 0 Å². The van der Waals surface area contributed by atoms with Crippen molar-refractivity contribution in [3.8, 4) is 0 Å². The van der Waals surface area contributed by atoms with Crippen LogP contribution in [0.25, 0.3) is 0 Å². The minimum atomic E-state index is -3.46. The Kier molecular flexibility index (Phi) is 4.92. The molecule has 0 atom stereocenters. The highest BCUT2D eigenvalue weighted by Gasteiger charge is 2.16. The molecule has 2 aromatic rings. The summed E-state index contributed by atoms with van der Waals surface area (Å²) in [5.41, 5.74) is 0.798. The molecule has 0 aliphatic rings. The number of rotatable bonds is 7. The van der Waals surface area contributed by atoms with E-state index in [1.807, 2.05) is 6.07 Å². The van der Waals surface area contributed by atoms with Gasteiger partial charge >= 0.3 is 0 Å². The van der Waals surface area contributed by atoms with Crippen LogP contribution >= 0.6 is 11.3 Å². The van der Waals surface area contributed by atoms with E-state index in [4.69, 9.17) is 0 Å². The lowest BCUT2D eigenvalue weighted by molar-refractivity contribution is 0.583. The van der Waals surface area contributed by atoms with Gasteiger partial charge in [0.1, 0.15) is 4.21 Å². The lowest BCUT2D eigenvalue weighted by Gasteiger charge is -2.05. The van der Waals surface area contributed by atoms with Gasteiger partial charge in [-0.05, 0) is 12.1 Å². The summed E-state index contributed by atoms with van der Waals surface area (Å²) < 4.78 is 27.1. The summed E-state index contributed by atoms with van der Waals surface area (Å²) in [6.45, 7) is 5.02. The zero-order chi connectivity index (χ0) is 14.6. The van der Waals surface area contributed by atoms with Crippen LogP contribution in [0.1, 0.15) is 24.3 Å². The van der Waals surface area contributed by atoms with Gasteiger partial charge in [0.2, 0.25) is 10.0 Å². The zero-order valence-electron chi connectivity index (χ0n) is 11.4. The smallest absolute Gasteiger partial charge is 0.250 e. The Labute approximate surface area is 122 Å². The number of nitrogens with one attached hydrogen (secondary N) is 3. The van der Waals surface area contributed by atoms with Gasteiger partial charge in [0.05, 0.1) is 6.20 Å². The predicted molar refractivity (Wildman–Crippen MR) is 78.9 cm³/mol. The molecule has 2 rings (SSSR count). The molecular formula is C12H18N4O2S2. The number of hydrogen-bond acceptors (Lipinski definition) is 5. The number of H-pyrrole nitrogens is 1. The van der Waals surface area contributed by atoms with Crippen LogP contribution in [0, 0.1) is 0 Å². The SMILES string of the molecule is CC(C)NCc1ccc(S(=O)(=O)NCc2cn[nH]c2)s1. The molecule has 0 radical (unpaired) electrons. The van der Waals surface area contributed by atoms with Crippen LogP contribution in [0.4, 0.5) is 0 Å². The highest BCUT2D eigenvalue weighted by atomic mass is 32.2. The van der Waals surface area contributed by atoms with Crippen LogP contribution in [0.15, 0.2) is 28.7 Å². The Morgan fingerprint density at radius 1 is 1.35 bits per heavy atom. The first-order valence-electron chi connectivity index (χ1n) is 6.27. The van der Waals surface area contributed by atoms with Crippen molar-refractivity contribution >= 4 is 21.4 Å². The van der Waals surface area contributed by atoms with Crippen molar-refractivity contribution in [1.29, 1.82) is 0 Å². The third kappa shape index (κ3) is 4.14. The second-order valence-corrected chi connectivity index (χ2v) is 7.85. The second-order valence-electron chi connectivity index (χ2n) is 4.69. The van der Waals surface area contributed by atoms with E-state index in [1.165, 1.54) is 11.3 Å². The molecule has 2 heterocycles. The van der Waals surface area contributed by atoms with Crippen molar-refractivity contribution < 1.29 is 8.42 Å². The molecule has 0 aromatic carbocycles. The number of nitrogens with zero attached hydrogens (tertiary/aromatic N) is 1. The highest BCUT2D eigenvalue weighted by Crippen LogP contribution is 2.21. The van der Waals surface area contributed by atoms with Crippen LogP contribution < -0.4 is 10.0 Å². The summed E-state index contributed by atoms with van der Waals surface area (Å²) in [5, 5.41) is 9.69. The molecule has 0 amide bonds. The molecule has 0 bridgehead atoms. The van der Waals surface area contributed by atoms with E-state index in [9.17, 15) is 8.42 Å². The number of sulfonamides is 1. The largest absolute Gasteiger partial charge is 0.310 e. The zero-order valence-corrected chi connectivity index (χ0v) is 13.0. The van der Waals surface area contributed by atoms with Gasteiger partial charge in [-0.3, -0.25) is 5.10 Å². The fraction of sp³-hybridized carbons (Fsp3) is 0.417. The molecule has 2 aromatic heterocycles. The van der Waals surface area contributed by atoms with Crippen molar-refractivity contribution in [1.82, 2.24) is 20.2 Å². The lowest BCUT2D eigenvalue weighted by Crippen LogP contribution is -2.22. The molecular weight excluding hydrogens is 296 g/mol. The third-order valence-corrected chi connectivity index (χ3v) is 5.59. The lowest BCUT2D eigenvalue weighted by atomic mass is 10.4. The van der Waals surface area contributed by atoms with Gasteiger partial charge in [0, 0.05) is 35.8 Å². The van der Waals surface area contributed by atoms with E-state index in [1.54, 1.807) is 18.5 Å². The molecule has 8 heteroatoms. The second kappa shape index (κ2) is 6.49. The topological polar surface area (TPSA) is 86.9 Å². The van der Waals surface area contributed by atoms with E-state index < -0.39 is 10.0 Å². The van der Waals surface area contributed by atoms with Crippen molar-refractivity contribution in [2.45, 2.75) is 37.2 Å². The molecule has 0 spiro atoms. The average molecular weight is 314 g/mol. The Morgan fingerprint density at radius 2 is 2.15 bits per heavy atom. The first-order valence-corrected chi connectivity index (χ1v) is 8.57. The van der Waals surface area contributed by atoms with Crippen molar-refractivity contribution in [2.24, 2.45) is 0 Å². The van der Waals surface area contributed by atoms with Crippen LogP contribution in [0.3, 0.4) is 0 Å². The molecule has 0 fully saturated rings. The van der Waals surface area contributed by atoms with Crippen LogP contribution in [0.5, 0.6) is 0 Å². The first kappa shape index (κ1) is 15.2. The van der Waals surface area contributed by atoms with Gasteiger partial charge in [-0.1, -0.05) is 13.8 Å². The maximum absolute atomic E-state index is 12.1. The minimum Gasteiger partial charge on any atom is -0.310 e. The molecule has 3 N–H and O–H groups in total.